The van der Waals surface area contributed by atoms with E-state index in [2.05, 4.69) is 20.6 Å². The van der Waals surface area contributed by atoms with Crippen LogP contribution in [0.1, 0.15) is 28.5 Å². The van der Waals surface area contributed by atoms with Gasteiger partial charge in [-0.25, -0.2) is 4.68 Å². The molecule has 0 atom stereocenters. The Labute approximate surface area is 168 Å². The fourth-order valence-corrected chi connectivity index (χ4v) is 2.77. The van der Waals surface area contributed by atoms with Gasteiger partial charge in [-0.2, -0.15) is 18.3 Å². The van der Waals surface area contributed by atoms with Crippen molar-refractivity contribution in [2.24, 2.45) is 0 Å². The molecule has 1 amide bonds. The van der Waals surface area contributed by atoms with Gasteiger partial charge in [-0.1, -0.05) is 11.6 Å². The summed E-state index contributed by atoms with van der Waals surface area (Å²) in [6.07, 6.45) is -3.30. The van der Waals surface area contributed by atoms with Gasteiger partial charge >= 0.3 is 6.18 Å². The van der Waals surface area contributed by atoms with Gasteiger partial charge in [0.2, 0.25) is 5.88 Å². The highest BCUT2D eigenvalue weighted by atomic mass is 35.5. The van der Waals surface area contributed by atoms with Crippen molar-refractivity contribution in [2.45, 2.75) is 20.0 Å². The quantitative estimate of drug-likeness (QED) is 0.659. The minimum Gasteiger partial charge on any atom is -0.477 e. The zero-order chi connectivity index (χ0) is 21.2. The molecule has 0 unspecified atom stereocenters. The molecule has 3 rings (SSSR count). The van der Waals surface area contributed by atoms with Crippen molar-refractivity contribution in [3.05, 3.63) is 58.4 Å². The van der Waals surface area contributed by atoms with Gasteiger partial charge in [0.05, 0.1) is 29.6 Å². The Morgan fingerprint density at radius 3 is 2.62 bits per heavy atom. The van der Waals surface area contributed by atoms with Crippen LogP contribution >= 0.6 is 11.6 Å². The van der Waals surface area contributed by atoms with Crippen molar-refractivity contribution in [2.75, 3.05) is 11.9 Å². The van der Waals surface area contributed by atoms with E-state index in [4.69, 9.17) is 16.3 Å². The average molecular weight is 426 g/mol. The van der Waals surface area contributed by atoms with Crippen molar-refractivity contribution in [3.63, 3.8) is 0 Å². The molecule has 2 heterocycles. The second-order valence-electron chi connectivity index (χ2n) is 5.90. The summed E-state index contributed by atoms with van der Waals surface area (Å²) in [5, 5.41) is 14.3. The van der Waals surface area contributed by atoms with Crippen LogP contribution in [-0.4, -0.2) is 32.5 Å². The fraction of sp³-hybridized carbons (Fsp3) is 0.222. The Kier molecular flexibility index (Phi) is 5.73. The van der Waals surface area contributed by atoms with Gasteiger partial charge in [0.15, 0.2) is 5.82 Å². The lowest BCUT2D eigenvalue weighted by Crippen LogP contribution is -2.14. The Hall–Kier alpha value is -3.14. The van der Waals surface area contributed by atoms with E-state index in [1.54, 1.807) is 19.1 Å². The largest absolute Gasteiger partial charge is 0.477 e. The number of benzene rings is 1. The average Bonchev–Trinajstić information content (AvgIpc) is 3.03. The molecule has 0 aliphatic carbocycles. The lowest BCUT2D eigenvalue weighted by Gasteiger charge is -2.11. The molecule has 0 saturated heterocycles. The number of hydrogen-bond donors (Lipinski definition) is 1. The fourth-order valence-electron chi connectivity index (χ4n) is 2.54. The Balaban J connectivity index is 1.84. The van der Waals surface area contributed by atoms with Gasteiger partial charge in [-0.3, -0.25) is 4.79 Å². The van der Waals surface area contributed by atoms with E-state index in [1.807, 2.05) is 6.92 Å². The maximum atomic E-state index is 12.9. The van der Waals surface area contributed by atoms with Crippen LogP contribution in [-0.2, 0) is 6.18 Å². The molecule has 7 nitrogen and oxygen atoms in total. The number of ether oxygens (including phenoxy) is 1. The number of hydrogen-bond acceptors (Lipinski definition) is 5. The van der Waals surface area contributed by atoms with Crippen LogP contribution < -0.4 is 10.1 Å². The molecule has 3 aromatic rings. The summed E-state index contributed by atoms with van der Waals surface area (Å²) >= 11 is 5.74. The molecule has 29 heavy (non-hydrogen) atoms. The molecule has 0 saturated carbocycles. The van der Waals surface area contributed by atoms with Gasteiger partial charge in [-0.15, -0.1) is 10.2 Å². The van der Waals surface area contributed by atoms with E-state index in [0.717, 1.165) is 12.1 Å². The van der Waals surface area contributed by atoms with Crippen molar-refractivity contribution in [1.82, 2.24) is 20.0 Å². The zero-order valence-electron chi connectivity index (χ0n) is 15.3. The van der Waals surface area contributed by atoms with Gasteiger partial charge in [0.1, 0.15) is 0 Å². The third-order valence-corrected chi connectivity index (χ3v) is 4.09. The van der Waals surface area contributed by atoms with Gasteiger partial charge in [0, 0.05) is 16.8 Å². The Bertz CT molecular complexity index is 1030. The third kappa shape index (κ3) is 4.65. The molecule has 0 fully saturated rings. The Morgan fingerprint density at radius 1 is 1.24 bits per heavy atom. The van der Waals surface area contributed by atoms with E-state index >= 15 is 0 Å². The van der Waals surface area contributed by atoms with Crippen LogP contribution in [0.3, 0.4) is 0 Å². The van der Waals surface area contributed by atoms with Crippen molar-refractivity contribution >= 4 is 23.2 Å². The van der Waals surface area contributed by atoms with Crippen LogP contribution in [0.15, 0.2) is 36.5 Å². The summed E-state index contributed by atoms with van der Waals surface area (Å²) in [5.41, 5.74) is -0.450. The first-order chi connectivity index (χ1) is 13.7. The number of rotatable bonds is 5. The summed E-state index contributed by atoms with van der Waals surface area (Å²) in [5.74, 6) is 0.0654. The predicted molar refractivity (Wildman–Crippen MR) is 99.5 cm³/mol. The normalized spacial score (nSPS) is 11.4. The smallest absolute Gasteiger partial charge is 0.416 e. The van der Waals surface area contributed by atoms with E-state index in [9.17, 15) is 18.0 Å². The van der Waals surface area contributed by atoms with Crippen molar-refractivity contribution < 1.29 is 22.7 Å². The molecule has 152 valence electrons. The molecule has 1 aromatic carbocycles. The molecule has 0 spiro atoms. The number of amides is 1. The molecular weight excluding hydrogens is 411 g/mol. The first-order valence-electron chi connectivity index (χ1n) is 8.39. The summed E-state index contributed by atoms with van der Waals surface area (Å²) in [6.45, 7) is 3.88. The first kappa shape index (κ1) is 20.6. The van der Waals surface area contributed by atoms with Crippen LogP contribution in [0.4, 0.5) is 18.9 Å². The summed E-state index contributed by atoms with van der Waals surface area (Å²) < 4.78 is 45.4. The number of nitrogens with one attached hydrogen (secondary N) is 1. The van der Waals surface area contributed by atoms with E-state index < -0.39 is 17.6 Å². The van der Waals surface area contributed by atoms with E-state index in [0.29, 0.717) is 24.0 Å². The molecule has 1 N–H and O–H groups in total. The SMILES string of the molecule is CCOc1ccc(-n2ncc(C(=O)Nc3cc(Cl)cc(C(F)(F)F)c3)c2C)nn1. The summed E-state index contributed by atoms with van der Waals surface area (Å²) in [7, 11) is 0. The number of carbonyl (C=O) groups excluding carboxylic acids is 1. The van der Waals surface area contributed by atoms with Crippen LogP contribution in [0.25, 0.3) is 5.82 Å². The second kappa shape index (κ2) is 8.08. The number of aromatic nitrogens is 4. The molecule has 2 aromatic heterocycles. The lowest BCUT2D eigenvalue weighted by molar-refractivity contribution is -0.137. The molecule has 11 heteroatoms. The number of alkyl halides is 3. The van der Waals surface area contributed by atoms with Gasteiger partial charge < -0.3 is 10.1 Å². The lowest BCUT2D eigenvalue weighted by atomic mass is 10.1. The highest BCUT2D eigenvalue weighted by molar-refractivity contribution is 6.31. The van der Waals surface area contributed by atoms with Gasteiger partial charge in [-0.05, 0) is 38.1 Å². The first-order valence-corrected chi connectivity index (χ1v) is 8.77. The zero-order valence-corrected chi connectivity index (χ0v) is 16.0. The van der Waals surface area contributed by atoms with E-state index in [-0.39, 0.29) is 16.3 Å². The molecule has 0 aliphatic heterocycles. The number of nitrogens with zero attached hydrogens (tertiary/aromatic N) is 4. The number of anilines is 1. The minimum atomic E-state index is -4.59. The highest BCUT2D eigenvalue weighted by Gasteiger charge is 2.31. The Morgan fingerprint density at radius 2 is 2.00 bits per heavy atom. The standard InChI is InChI=1S/C18H15ClF3N5O2/c1-3-29-16-5-4-15(25-26-16)27-10(2)14(9-23-27)17(28)24-13-7-11(18(20,21)22)6-12(19)8-13/h4-9H,3H2,1-2H3,(H,24,28). The summed E-state index contributed by atoms with van der Waals surface area (Å²) in [6, 6.07) is 6.04. The van der Waals surface area contributed by atoms with E-state index in [1.165, 1.54) is 16.9 Å². The molecule has 0 bridgehead atoms. The van der Waals surface area contributed by atoms with Crippen LogP contribution in [0.2, 0.25) is 5.02 Å². The number of halogens is 4. The second-order valence-corrected chi connectivity index (χ2v) is 6.34. The van der Waals surface area contributed by atoms with Gasteiger partial charge in [0.25, 0.3) is 5.91 Å². The third-order valence-electron chi connectivity index (χ3n) is 3.87. The monoisotopic (exact) mass is 425 g/mol. The maximum Gasteiger partial charge on any atom is 0.416 e. The van der Waals surface area contributed by atoms with Crippen LogP contribution in [0.5, 0.6) is 5.88 Å². The van der Waals surface area contributed by atoms with Crippen molar-refractivity contribution in [3.8, 4) is 11.7 Å². The minimum absolute atomic E-state index is 0.0807. The summed E-state index contributed by atoms with van der Waals surface area (Å²) in [4.78, 5) is 12.5. The predicted octanol–water partition coefficient (Wildman–Crippen LogP) is 4.29. The molecular formula is C18H15ClF3N5O2. The highest BCUT2D eigenvalue weighted by Crippen LogP contribution is 2.33. The molecule has 0 radical (unpaired) electrons. The van der Waals surface area contributed by atoms with Crippen molar-refractivity contribution in [1.29, 1.82) is 0 Å². The molecule has 0 aliphatic rings. The number of carbonyl (C=O) groups is 1. The van der Waals surface area contributed by atoms with Crippen LogP contribution in [0, 0.1) is 6.92 Å². The topological polar surface area (TPSA) is 81.9 Å². The maximum absolute atomic E-state index is 12.9.